The van der Waals surface area contributed by atoms with Crippen LogP contribution in [0, 0.1) is 0 Å². The fourth-order valence-corrected chi connectivity index (χ4v) is 3.11. The monoisotopic (exact) mass is 348 g/mol. The van der Waals surface area contributed by atoms with Crippen molar-refractivity contribution in [1.82, 2.24) is 9.97 Å². The number of fused-ring (bicyclic) bond motifs is 1. The number of benzene rings is 1. The van der Waals surface area contributed by atoms with E-state index in [-0.39, 0.29) is 11.4 Å². The minimum Gasteiger partial charge on any atom is -0.481 e. The van der Waals surface area contributed by atoms with Gasteiger partial charge >= 0.3 is 12.0 Å². The van der Waals surface area contributed by atoms with Crippen molar-refractivity contribution in [2.24, 2.45) is 0 Å². The van der Waals surface area contributed by atoms with Crippen LogP contribution in [0.3, 0.4) is 0 Å². The smallest absolute Gasteiger partial charge is 0.343 e. The summed E-state index contributed by atoms with van der Waals surface area (Å²) in [6.07, 6.45) is 0. The first-order valence-corrected chi connectivity index (χ1v) is 8.31. The number of carbonyl (C=O) groups excluding carboxylic acids is 1. The van der Waals surface area contributed by atoms with E-state index in [1.807, 2.05) is 13.0 Å². The third-order valence-corrected chi connectivity index (χ3v) is 4.31. The lowest BCUT2D eigenvalue weighted by Crippen LogP contribution is -2.01. The summed E-state index contributed by atoms with van der Waals surface area (Å²) in [5.41, 5.74) is 0.870. The van der Waals surface area contributed by atoms with Gasteiger partial charge in [-0.05, 0) is 11.8 Å². The molecule has 1 unspecified atom stereocenters. The van der Waals surface area contributed by atoms with Gasteiger partial charge in [0, 0.05) is 5.56 Å². The Morgan fingerprint density at radius 2 is 1.92 bits per heavy atom. The third kappa shape index (κ3) is 3.09. The van der Waals surface area contributed by atoms with Crippen LogP contribution in [0.25, 0.3) is 0 Å². The molecule has 3 rings (SSSR count). The van der Waals surface area contributed by atoms with Crippen LogP contribution in [0.15, 0.2) is 24.3 Å². The van der Waals surface area contributed by atoms with Gasteiger partial charge in [0.25, 0.3) is 0 Å². The summed E-state index contributed by atoms with van der Waals surface area (Å²) in [7, 11) is 2.96. The van der Waals surface area contributed by atoms with Crippen LogP contribution in [0.1, 0.15) is 28.3 Å². The first kappa shape index (κ1) is 16.4. The number of cyclic esters (lactones) is 1. The van der Waals surface area contributed by atoms with Crippen LogP contribution in [-0.2, 0) is 4.74 Å². The van der Waals surface area contributed by atoms with Crippen molar-refractivity contribution in [3.63, 3.8) is 0 Å². The highest BCUT2D eigenvalue weighted by molar-refractivity contribution is 7.99. The lowest BCUT2D eigenvalue weighted by atomic mass is 10.1. The van der Waals surface area contributed by atoms with Gasteiger partial charge in [0.15, 0.2) is 5.44 Å². The predicted octanol–water partition coefficient (Wildman–Crippen LogP) is 3.21. The molecule has 0 bridgehead atoms. The van der Waals surface area contributed by atoms with Crippen molar-refractivity contribution in [2.75, 3.05) is 20.0 Å². The lowest BCUT2D eigenvalue weighted by molar-refractivity contribution is 0.0520. The SMILES string of the molecule is CCSC1OC(=O)c2c(Oc3nc(OC)cc(OC)n3)cccc21. The zero-order valence-electron chi connectivity index (χ0n) is 13.4. The second kappa shape index (κ2) is 6.96. The van der Waals surface area contributed by atoms with Crippen LogP contribution < -0.4 is 14.2 Å². The molecule has 2 aromatic rings. The molecule has 1 aromatic heterocycles. The first-order valence-electron chi connectivity index (χ1n) is 7.26. The molecule has 0 amide bonds. The van der Waals surface area contributed by atoms with Crippen molar-refractivity contribution >= 4 is 17.7 Å². The molecule has 1 aliphatic heterocycles. The molecule has 0 spiro atoms. The fraction of sp³-hybridized carbons (Fsp3) is 0.312. The van der Waals surface area contributed by atoms with Gasteiger partial charge in [-0.1, -0.05) is 19.1 Å². The Bertz CT molecular complexity index is 746. The van der Waals surface area contributed by atoms with Gasteiger partial charge in [-0.3, -0.25) is 0 Å². The maximum absolute atomic E-state index is 12.2. The molecule has 0 N–H and O–H groups in total. The van der Waals surface area contributed by atoms with Crippen LogP contribution in [-0.4, -0.2) is 35.9 Å². The van der Waals surface area contributed by atoms with E-state index in [1.165, 1.54) is 20.3 Å². The van der Waals surface area contributed by atoms with E-state index in [2.05, 4.69) is 9.97 Å². The molecule has 0 saturated carbocycles. The zero-order chi connectivity index (χ0) is 17.1. The maximum Gasteiger partial charge on any atom is 0.343 e. The molecule has 0 fully saturated rings. The molecular weight excluding hydrogens is 332 g/mol. The van der Waals surface area contributed by atoms with Gasteiger partial charge in [0.05, 0.1) is 20.3 Å². The Hall–Kier alpha value is -2.48. The molecule has 2 heterocycles. The van der Waals surface area contributed by atoms with E-state index in [4.69, 9.17) is 18.9 Å². The highest BCUT2D eigenvalue weighted by Crippen LogP contribution is 2.43. The minimum atomic E-state index is -0.415. The van der Waals surface area contributed by atoms with E-state index < -0.39 is 5.97 Å². The molecule has 7 nitrogen and oxygen atoms in total. The number of nitrogens with zero attached hydrogens (tertiary/aromatic N) is 2. The van der Waals surface area contributed by atoms with Crippen molar-refractivity contribution in [1.29, 1.82) is 0 Å². The Kier molecular flexibility index (Phi) is 4.75. The molecule has 8 heteroatoms. The number of aromatic nitrogens is 2. The number of carbonyl (C=O) groups is 1. The normalized spacial score (nSPS) is 15.6. The molecule has 24 heavy (non-hydrogen) atoms. The summed E-state index contributed by atoms with van der Waals surface area (Å²) in [6, 6.07) is 6.89. The van der Waals surface area contributed by atoms with Crippen LogP contribution in [0.5, 0.6) is 23.5 Å². The predicted molar refractivity (Wildman–Crippen MR) is 87.9 cm³/mol. The summed E-state index contributed by atoms with van der Waals surface area (Å²) < 4.78 is 21.3. The van der Waals surface area contributed by atoms with Gasteiger partial charge in [-0.25, -0.2) is 4.79 Å². The fourth-order valence-electron chi connectivity index (χ4n) is 2.28. The highest BCUT2D eigenvalue weighted by atomic mass is 32.2. The number of ether oxygens (including phenoxy) is 4. The van der Waals surface area contributed by atoms with Crippen molar-refractivity contribution in [3.05, 3.63) is 35.4 Å². The summed E-state index contributed by atoms with van der Waals surface area (Å²) in [5, 5.41) is 0. The van der Waals surface area contributed by atoms with E-state index in [0.717, 1.165) is 11.3 Å². The molecule has 1 aromatic carbocycles. The first-order chi connectivity index (χ1) is 11.7. The van der Waals surface area contributed by atoms with E-state index in [0.29, 0.717) is 23.1 Å². The number of methoxy groups -OCH3 is 2. The van der Waals surface area contributed by atoms with Crippen LogP contribution in [0.4, 0.5) is 0 Å². The van der Waals surface area contributed by atoms with E-state index in [9.17, 15) is 4.79 Å². The largest absolute Gasteiger partial charge is 0.481 e. The molecule has 1 atom stereocenters. The Labute approximate surface area is 143 Å². The van der Waals surface area contributed by atoms with E-state index >= 15 is 0 Å². The van der Waals surface area contributed by atoms with Gasteiger partial charge in [0.2, 0.25) is 11.8 Å². The van der Waals surface area contributed by atoms with Crippen molar-refractivity contribution in [2.45, 2.75) is 12.4 Å². The van der Waals surface area contributed by atoms with Gasteiger partial charge in [-0.2, -0.15) is 9.97 Å². The molecule has 0 radical (unpaired) electrons. The highest BCUT2D eigenvalue weighted by Gasteiger charge is 2.34. The average Bonchev–Trinajstić information content (AvgIpc) is 2.92. The lowest BCUT2D eigenvalue weighted by Gasteiger charge is -2.10. The van der Waals surface area contributed by atoms with Crippen LogP contribution in [0.2, 0.25) is 0 Å². The summed E-state index contributed by atoms with van der Waals surface area (Å²) in [4.78, 5) is 20.4. The maximum atomic E-state index is 12.2. The summed E-state index contributed by atoms with van der Waals surface area (Å²) in [6.45, 7) is 2.01. The second-order valence-electron chi connectivity index (χ2n) is 4.75. The number of hydrogen-bond donors (Lipinski definition) is 0. The van der Waals surface area contributed by atoms with Crippen molar-refractivity contribution in [3.8, 4) is 23.5 Å². The van der Waals surface area contributed by atoms with Crippen molar-refractivity contribution < 1.29 is 23.7 Å². The number of rotatable bonds is 6. The molecule has 126 valence electrons. The van der Waals surface area contributed by atoms with Gasteiger partial charge < -0.3 is 18.9 Å². The van der Waals surface area contributed by atoms with Crippen LogP contribution >= 0.6 is 11.8 Å². The third-order valence-electron chi connectivity index (χ3n) is 3.33. The Morgan fingerprint density at radius 1 is 1.21 bits per heavy atom. The summed E-state index contributed by atoms with van der Waals surface area (Å²) in [5.74, 6) is 1.35. The molecule has 0 saturated heterocycles. The Morgan fingerprint density at radius 3 is 2.54 bits per heavy atom. The van der Waals surface area contributed by atoms with Gasteiger partial charge in [-0.15, -0.1) is 11.8 Å². The standard InChI is InChI=1S/C16H16N2O5S/c1-4-24-15-9-6-5-7-10(13(9)14(19)23-15)22-16-17-11(20-2)8-12(18-16)21-3/h5-8,15H,4H2,1-3H3. The number of esters is 1. The van der Waals surface area contributed by atoms with Gasteiger partial charge in [0.1, 0.15) is 11.3 Å². The average molecular weight is 348 g/mol. The Balaban J connectivity index is 1.96. The second-order valence-corrected chi connectivity index (χ2v) is 6.09. The number of thioether (sulfide) groups is 1. The zero-order valence-corrected chi connectivity index (χ0v) is 14.3. The number of hydrogen-bond acceptors (Lipinski definition) is 8. The topological polar surface area (TPSA) is 79.8 Å². The molecular formula is C16H16N2O5S. The molecule has 0 aliphatic carbocycles. The minimum absolute atomic E-state index is 0.0268. The van der Waals surface area contributed by atoms with E-state index in [1.54, 1.807) is 23.9 Å². The quantitative estimate of drug-likeness (QED) is 0.736. The summed E-state index contributed by atoms with van der Waals surface area (Å²) >= 11 is 1.54. The molecule has 1 aliphatic rings.